The Morgan fingerprint density at radius 2 is 0.632 bits per heavy atom. The molecule has 0 aromatic rings. The van der Waals surface area contributed by atoms with Gasteiger partial charge in [0.1, 0.15) is 0 Å². The van der Waals surface area contributed by atoms with E-state index >= 15 is 0 Å². The first-order valence-corrected chi connectivity index (χ1v) is 6.26. The third-order valence-corrected chi connectivity index (χ3v) is 4.27. The van der Waals surface area contributed by atoms with Gasteiger partial charge in [0.05, 0.1) is 22.4 Å². The minimum absolute atomic E-state index is 0. The van der Waals surface area contributed by atoms with Crippen LogP contribution in [0.15, 0.2) is 0 Å². The van der Waals surface area contributed by atoms with Crippen LogP contribution in [0.3, 0.4) is 0 Å². The Labute approximate surface area is 154 Å². The molecule has 2 aliphatic heterocycles. The van der Waals surface area contributed by atoms with E-state index in [-0.39, 0.29) is 66.5 Å². The molecule has 19 heavy (non-hydrogen) atoms. The summed E-state index contributed by atoms with van der Waals surface area (Å²) >= 11 is 0. The zero-order valence-corrected chi connectivity index (χ0v) is 18.1. The quantitative estimate of drug-likeness (QED) is 0.498. The van der Waals surface area contributed by atoms with Crippen LogP contribution in [0.1, 0.15) is 55.4 Å². The summed E-state index contributed by atoms with van der Waals surface area (Å²) in [5.41, 5.74) is -0.750. The van der Waals surface area contributed by atoms with Crippen LogP contribution in [0.25, 0.3) is 0 Å². The monoisotopic (exact) mass is 481 g/mol. The van der Waals surface area contributed by atoms with Crippen LogP contribution < -0.4 is 0 Å². The second kappa shape index (κ2) is 6.67. The topological polar surface area (TPSA) is 36.9 Å². The van der Waals surface area contributed by atoms with E-state index in [0.717, 1.165) is 0 Å². The van der Waals surface area contributed by atoms with Gasteiger partial charge in [-0.3, -0.25) is 0 Å². The predicted molar refractivity (Wildman–Crippen MR) is 72.2 cm³/mol. The van der Waals surface area contributed by atoms with Gasteiger partial charge in [0, 0.05) is 44.1 Å². The number of rotatable bonds is 0. The molecule has 2 fully saturated rings. The van der Waals surface area contributed by atoms with E-state index in [1.807, 2.05) is 55.4 Å². The molecule has 2 heterocycles. The van der Waals surface area contributed by atoms with Crippen LogP contribution in [-0.4, -0.2) is 37.8 Å². The molecular weight excluding hydrogens is 457 g/mol. The maximum atomic E-state index is 5.21. The first-order valence-electron chi connectivity index (χ1n) is 6.26. The minimum Gasteiger partial charge on any atom is -0.405 e. The molecule has 0 atom stereocenters. The standard InChI is InChI=1S/2C6H12BO2.Ac/c2*1-5(2)6(3,4)9-7-8-5;/h2*1-4H3;. The van der Waals surface area contributed by atoms with Gasteiger partial charge in [-0.1, -0.05) is 0 Å². The van der Waals surface area contributed by atoms with Gasteiger partial charge in [-0.15, -0.1) is 0 Å². The van der Waals surface area contributed by atoms with Gasteiger partial charge in [-0.25, -0.2) is 0 Å². The van der Waals surface area contributed by atoms with E-state index in [0.29, 0.717) is 0 Å². The molecular formula is C12H24AcB2O4. The van der Waals surface area contributed by atoms with E-state index < -0.39 is 0 Å². The van der Waals surface area contributed by atoms with Gasteiger partial charge in [-0.05, 0) is 55.4 Å². The fourth-order valence-electron chi connectivity index (χ4n) is 1.10. The molecule has 0 bridgehead atoms. The minimum atomic E-state index is -0.188. The molecule has 0 unspecified atom stereocenters. The Kier molecular flexibility index (Phi) is 7.16. The Morgan fingerprint density at radius 1 is 0.474 bits per heavy atom. The Bertz CT molecular complexity index is 248. The van der Waals surface area contributed by atoms with Crippen LogP contribution >= 0.6 is 0 Å². The van der Waals surface area contributed by atoms with E-state index in [1.165, 1.54) is 15.4 Å². The first kappa shape index (κ1) is 20.4. The van der Waals surface area contributed by atoms with Crippen molar-refractivity contribution in [2.24, 2.45) is 0 Å². The first-order chi connectivity index (χ1) is 7.91. The van der Waals surface area contributed by atoms with Gasteiger partial charge in [-0.2, -0.15) is 0 Å². The van der Waals surface area contributed by atoms with Crippen molar-refractivity contribution in [2.45, 2.75) is 77.8 Å². The van der Waals surface area contributed by atoms with Crippen molar-refractivity contribution in [3.05, 3.63) is 0 Å². The summed E-state index contributed by atoms with van der Waals surface area (Å²) in [6.45, 7) is 16.1. The van der Waals surface area contributed by atoms with Crippen LogP contribution in [0.4, 0.5) is 0 Å². The van der Waals surface area contributed by atoms with Crippen molar-refractivity contribution in [1.29, 1.82) is 0 Å². The molecule has 3 radical (unpaired) electrons. The number of hydrogen-bond acceptors (Lipinski definition) is 4. The van der Waals surface area contributed by atoms with Crippen LogP contribution in [-0.2, 0) is 18.6 Å². The van der Waals surface area contributed by atoms with Crippen molar-refractivity contribution >= 4 is 15.4 Å². The average molecular weight is 481 g/mol. The molecule has 2 aliphatic rings. The second-order valence-corrected chi connectivity index (χ2v) is 6.71. The Balaban J connectivity index is 0.000000324. The maximum Gasteiger partial charge on any atom is 0.488 e. The molecule has 4 nitrogen and oxygen atoms in total. The Hall–Kier alpha value is 1.41. The van der Waals surface area contributed by atoms with E-state index in [4.69, 9.17) is 18.6 Å². The van der Waals surface area contributed by atoms with E-state index in [1.54, 1.807) is 0 Å². The fraction of sp³-hybridized carbons (Fsp3) is 1.00. The molecule has 0 aromatic heterocycles. The third kappa shape index (κ3) is 4.69. The molecule has 0 aromatic carbocycles. The maximum absolute atomic E-state index is 5.21. The SMILES string of the molecule is CC1(C)O[B]OC1(C)C.CC1(C)O[B]OC1(C)C.[Ac]. The summed E-state index contributed by atoms with van der Waals surface area (Å²) in [4.78, 5) is 0. The molecule has 0 N–H and O–H groups in total. The molecule has 2 saturated heterocycles. The van der Waals surface area contributed by atoms with Gasteiger partial charge in [0.15, 0.2) is 0 Å². The molecule has 0 aliphatic carbocycles. The smallest absolute Gasteiger partial charge is 0.405 e. The fourth-order valence-corrected chi connectivity index (χ4v) is 1.10. The summed E-state index contributed by atoms with van der Waals surface area (Å²) in [5, 5.41) is 0. The van der Waals surface area contributed by atoms with E-state index in [9.17, 15) is 0 Å². The summed E-state index contributed by atoms with van der Waals surface area (Å²) in [5.74, 6) is 0. The van der Waals surface area contributed by atoms with Crippen molar-refractivity contribution < 1.29 is 62.7 Å². The zero-order chi connectivity index (χ0) is 14.2. The zero-order valence-electron chi connectivity index (χ0n) is 13.4. The summed E-state index contributed by atoms with van der Waals surface area (Å²) in [6.07, 6.45) is 0. The van der Waals surface area contributed by atoms with E-state index in [2.05, 4.69) is 0 Å². The molecule has 0 spiro atoms. The normalized spacial score (nSPS) is 28.2. The van der Waals surface area contributed by atoms with Crippen LogP contribution in [0.5, 0.6) is 0 Å². The van der Waals surface area contributed by atoms with Gasteiger partial charge in [0.2, 0.25) is 0 Å². The molecule has 0 saturated carbocycles. The van der Waals surface area contributed by atoms with Gasteiger partial charge < -0.3 is 18.6 Å². The Morgan fingerprint density at radius 3 is 0.684 bits per heavy atom. The summed E-state index contributed by atoms with van der Waals surface area (Å²) in [7, 11) is 2.83. The molecule has 7 heteroatoms. The summed E-state index contributed by atoms with van der Waals surface area (Å²) < 4.78 is 20.8. The van der Waals surface area contributed by atoms with Gasteiger partial charge >= 0.3 is 15.4 Å². The van der Waals surface area contributed by atoms with Crippen molar-refractivity contribution in [3.8, 4) is 0 Å². The van der Waals surface area contributed by atoms with Gasteiger partial charge in [0.25, 0.3) is 0 Å². The second-order valence-electron chi connectivity index (χ2n) is 6.71. The predicted octanol–water partition coefficient (Wildman–Crippen LogP) is 2.25. The van der Waals surface area contributed by atoms with Crippen molar-refractivity contribution in [2.75, 3.05) is 0 Å². The van der Waals surface area contributed by atoms with Crippen molar-refractivity contribution in [1.82, 2.24) is 0 Å². The molecule has 0 amide bonds. The number of hydrogen-bond donors (Lipinski definition) is 0. The van der Waals surface area contributed by atoms with Crippen LogP contribution in [0, 0.1) is 44.1 Å². The van der Waals surface area contributed by atoms with Crippen molar-refractivity contribution in [3.63, 3.8) is 0 Å². The molecule has 105 valence electrons. The average Bonchev–Trinajstić information content (AvgIpc) is 2.51. The summed E-state index contributed by atoms with van der Waals surface area (Å²) in [6, 6.07) is 0. The third-order valence-electron chi connectivity index (χ3n) is 4.27. The molecule has 2 rings (SSSR count). The van der Waals surface area contributed by atoms with Crippen LogP contribution in [0.2, 0.25) is 0 Å². The largest absolute Gasteiger partial charge is 0.488 e.